The highest BCUT2D eigenvalue weighted by molar-refractivity contribution is 7.18. The van der Waals surface area contributed by atoms with Crippen LogP contribution in [-0.2, 0) is 16.0 Å². The largest absolute Gasteiger partial charge is 0.462 e. The van der Waals surface area contributed by atoms with Gasteiger partial charge in [0.1, 0.15) is 15.6 Å². The molecular formula is C23H27N3O6S. The second kappa shape index (κ2) is 10.0. The molecule has 3 heterocycles. The zero-order chi connectivity index (χ0) is 24.3. The van der Waals surface area contributed by atoms with Crippen LogP contribution >= 0.6 is 11.3 Å². The molecule has 1 N–H and O–H groups in total. The van der Waals surface area contributed by atoms with Crippen molar-refractivity contribution in [2.45, 2.75) is 54.2 Å². The van der Waals surface area contributed by atoms with Gasteiger partial charge >= 0.3 is 11.9 Å². The average molecular weight is 474 g/mol. The summed E-state index contributed by atoms with van der Waals surface area (Å²) < 4.78 is 17.9. The van der Waals surface area contributed by atoms with Crippen molar-refractivity contribution in [3.8, 4) is 0 Å². The van der Waals surface area contributed by atoms with Crippen molar-refractivity contribution < 1.29 is 28.3 Å². The zero-order valence-corrected chi connectivity index (χ0v) is 20.3. The predicted octanol–water partition coefficient (Wildman–Crippen LogP) is 4.51. The maximum atomic E-state index is 12.9. The topological polar surface area (TPSA) is 113 Å². The van der Waals surface area contributed by atoms with Gasteiger partial charge in [0.05, 0.1) is 30.5 Å². The third-order valence-electron chi connectivity index (χ3n) is 4.68. The van der Waals surface area contributed by atoms with E-state index in [4.69, 9.17) is 13.9 Å². The summed E-state index contributed by atoms with van der Waals surface area (Å²) in [4.78, 5) is 38.1. The molecule has 0 spiro atoms. The fourth-order valence-corrected chi connectivity index (χ4v) is 4.33. The van der Waals surface area contributed by atoms with Crippen molar-refractivity contribution >= 4 is 34.2 Å². The number of carbonyl (C=O) groups excluding carboxylic acids is 3. The van der Waals surface area contributed by atoms with Crippen LogP contribution in [0.1, 0.15) is 74.1 Å². The first-order chi connectivity index (χ1) is 15.6. The minimum atomic E-state index is -0.630. The van der Waals surface area contributed by atoms with Crippen LogP contribution in [0.4, 0.5) is 5.00 Å². The van der Waals surface area contributed by atoms with Gasteiger partial charge in [-0.2, -0.15) is 5.10 Å². The van der Waals surface area contributed by atoms with Crippen LogP contribution in [0.15, 0.2) is 22.6 Å². The molecule has 176 valence electrons. The molecule has 0 saturated heterocycles. The Morgan fingerprint density at radius 2 is 1.91 bits per heavy atom. The molecule has 33 heavy (non-hydrogen) atoms. The number of hydrogen-bond acceptors (Lipinski definition) is 8. The first-order valence-corrected chi connectivity index (χ1v) is 11.3. The van der Waals surface area contributed by atoms with Gasteiger partial charge in [-0.3, -0.25) is 9.48 Å². The molecule has 10 heteroatoms. The second-order valence-electron chi connectivity index (χ2n) is 7.74. The second-order valence-corrected chi connectivity index (χ2v) is 8.76. The minimum absolute atomic E-state index is 0.0680. The maximum Gasteiger partial charge on any atom is 0.348 e. The molecule has 0 fully saturated rings. The highest BCUT2D eigenvalue weighted by Crippen LogP contribution is 2.35. The van der Waals surface area contributed by atoms with Crippen LogP contribution in [-0.4, -0.2) is 40.3 Å². The maximum absolute atomic E-state index is 12.9. The number of hydrogen-bond donors (Lipinski definition) is 1. The summed E-state index contributed by atoms with van der Waals surface area (Å²) in [6.07, 6.45) is -0.367. The number of aryl methyl sites for hydroxylation is 2. The summed E-state index contributed by atoms with van der Waals surface area (Å²) in [6, 6.07) is 5.20. The number of carbonyl (C=O) groups is 3. The van der Waals surface area contributed by atoms with E-state index in [9.17, 15) is 14.4 Å². The minimum Gasteiger partial charge on any atom is -0.462 e. The van der Waals surface area contributed by atoms with E-state index in [1.165, 1.54) is 0 Å². The van der Waals surface area contributed by atoms with E-state index in [1.807, 2.05) is 19.9 Å². The van der Waals surface area contributed by atoms with Gasteiger partial charge in [-0.15, -0.1) is 11.3 Å². The monoisotopic (exact) mass is 473 g/mol. The van der Waals surface area contributed by atoms with Crippen molar-refractivity contribution in [3.05, 3.63) is 57.1 Å². The third kappa shape index (κ3) is 5.51. The Morgan fingerprint density at radius 1 is 1.18 bits per heavy atom. The molecule has 3 aromatic heterocycles. The van der Waals surface area contributed by atoms with Gasteiger partial charge in [-0.05, 0) is 65.3 Å². The summed E-state index contributed by atoms with van der Waals surface area (Å²) in [5, 5.41) is 7.27. The van der Waals surface area contributed by atoms with Crippen LogP contribution in [0.2, 0.25) is 0 Å². The molecular weight excluding hydrogens is 446 g/mol. The molecule has 0 aliphatic heterocycles. The summed E-state index contributed by atoms with van der Waals surface area (Å²) in [5.41, 5.74) is 2.38. The molecule has 0 aliphatic carbocycles. The van der Waals surface area contributed by atoms with Crippen LogP contribution in [0.25, 0.3) is 0 Å². The lowest BCUT2D eigenvalue weighted by Gasteiger charge is -2.10. The zero-order valence-electron chi connectivity index (χ0n) is 19.5. The van der Waals surface area contributed by atoms with E-state index < -0.39 is 17.8 Å². The van der Waals surface area contributed by atoms with Gasteiger partial charge in [-0.25, -0.2) is 9.59 Å². The quantitative estimate of drug-likeness (QED) is 0.479. The Labute approximate surface area is 195 Å². The lowest BCUT2D eigenvalue weighted by Crippen LogP contribution is -2.16. The Morgan fingerprint density at radius 3 is 2.52 bits per heavy atom. The number of nitrogens with zero attached hydrogens (tertiary/aromatic N) is 2. The molecule has 9 nitrogen and oxygen atoms in total. The van der Waals surface area contributed by atoms with Gasteiger partial charge in [0.15, 0.2) is 5.76 Å². The fourth-order valence-electron chi connectivity index (χ4n) is 3.24. The van der Waals surface area contributed by atoms with E-state index in [1.54, 1.807) is 44.5 Å². The summed E-state index contributed by atoms with van der Waals surface area (Å²) in [6.45, 7) is 11.2. The first-order valence-electron chi connectivity index (χ1n) is 10.5. The smallest absolute Gasteiger partial charge is 0.348 e. The SMILES string of the molecule is CCOC(=O)c1sc(NC(=O)c2ccc(Cn3nc(C)cc3C)o2)c(C(=O)OC(C)C)c1C. The molecule has 0 aromatic carbocycles. The number of furan rings is 1. The fraction of sp³-hybridized carbons (Fsp3) is 0.391. The van der Waals surface area contributed by atoms with Gasteiger partial charge < -0.3 is 19.2 Å². The van der Waals surface area contributed by atoms with Crippen LogP contribution in [0.5, 0.6) is 0 Å². The van der Waals surface area contributed by atoms with Crippen LogP contribution in [0, 0.1) is 20.8 Å². The normalized spacial score (nSPS) is 11.0. The van der Waals surface area contributed by atoms with E-state index in [0.29, 0.717) is 17.9 Å². The average Bonchev–Trinajstić information content (AvgIpc) is 3.39. The highest BCUT2D eigenvalue weighted by atomic mass is 32.1. The standard InChI is InChI=1S/C23H27N3O6S/c1-7-30-23(29)19-15(6)18(22(28)31-12(2)3)21(33-19)24-20(27)17-9-8-16(32-17)11-26-14(5)10-13(4)25-26/h8-10,12H,7,11H2,1-6H3,(H,24,27). The Bertz CT molecular complexity index is 1190. The lowest BCUT2D eigenvalue weighted by atomic mass is 10.1. The number of aromatic nitrogens is 2. The lowest BCUT2D eigenvalue weighted by molar-refractivity contribution is 0.0379. The molecule has 3 rings (SSSR count). The molecule has 0 saturated carbocycles. The molecule has 0 unspecified atom stereocenters. The van der Waals surface area contributed by atoms with Gasteiger partial charge in [0, 0.05) is 5.69 Å². The van der Waals surface area contributed by atoms with E-state index in [2.05, 4.69) is 10.4 Å². The van der Waals surface area contributed by atoms with E-state index >= 15 is 0 Å². The van der Waals surface area contributed by atoms with Crippen molar-refractivity contribution in [2.24, 2.45) is 0 Å². The number of ether oxygens (including phenoxy) is 2. The molecule has 0 bridgehead atoms. The Hall–Kier alpha value is -3.40. The van der Waals surface area contributed by atoms with Gasteiger partial charge in [-0.1, -0.05) is 0 Å². The predicted molar refractivity (Wildman–Crippen MR) is 123 cm³/mol. The number of esters is 2. The van der Waals surface area contributed by atoms with Gasteiger partial charge in [0.2, 0.25) is 0 Å². The number of rotatable bonds is 8. The molecule has 1 amide bonds. The van der Waals surface area contributed by atoms with Gasteiger partial charge in [0.25, 0.3) is 5.91 Å². The van der Waals surface area contributed by atoms with Crippen molar-refractivity contribution in [1.29, 1.82) is 0 Å². The number of amides is 1. The molecule has 0 atom stereocenters. The Kier molecular flexibility index (Phi) is 7.37. The van der Waals surface area contributed by atoms with Crippen molar-refractivity contribution in [1.82, 2.24) is 9.78 Å². The summed E-state index contributed by atoms with van der Waals surface area (Å²) in [7, 11) is 0. The van der Waals surface area contributed by atoms with E-state index in [0.717, 1.165) is 22.7 Å². The summed E-state index contributed by atoms with van der Waals surface area (Å²) >= 11 is 0.964. The van der Waals surface area contributed by atoms with Crippen molar-refractivity contribution in [3.63, 3.8) is 0 Å². The van der Waals surface area contributed by atoms with Crippen LogP contribution in [0.3, 0.4) is 0 Å². The number of anilines is 1. The first kappa shape index (κ1) is 24.2. The number of thiophene rings is 1. The molecule has 3 aromatic rings. The van der Waals surface area contributed by atoms with Crippen LogP contribution < -0.4 is 5.32 Å². The highest BCUT2D eigenvalue weighted by Gasteiger charge is 2.28. The van der Waals surface area contributed by atoms with Crippen molar-refractivity contribution in [2.75, 3.05) is 11.9 Å². The summed E-state index contributed by atoms with van der Waals surface area (Å²) in [5.74, 6) is -1.12. The molecule has 0 radical (unpaired) electrons. The molecule has 0 aliphatic rings. The Balaban J connectivity index is 1.85. The van der Waals surface area contributed by atoms with E-state index in [-0.39, 0.29) is 33.9 Å². The third-order valence-corrected chi connectivity index (χ3v) is 5.86. The number of nitrogens with one attached hydrogen (secondary N) is 1.